The molecule has 21 heavy (non-hydrogen) atoms. The summed E-state index contributed by atoms with van der Waals surface area (Å²) in [5.74, 6) is 6.13. The van der Waals surface area contributed by atoms with E-state index in [9.17, 15) is 10.1 Å². The lowest BCUT2D eigenvalue weighted by atomic mass is 10.1. The molecule has 2 aromatic rings. The lowest BCUT2D eigenvalue weighted by molar-refractivity contribution is -0.384. The molecule has 3 N–H and O–H groups in total. The number of nitrogens with one attached hydrogen (secondary N) is 1. The molecule has 0 heterocycles. The van der Waals surface area contributed by atoms with E-state index in [0.29, 0.717) is 17.0 Å². The molecule has 6 heteroatoms. The van der Waals surface area contributed by atoms with Crippen molar-refractivity contribution in [3.05, 3.63) is 63.2 Å². The van der Waals surface area contributed by atoms with Crippen molar-refractivity contribution in [2.45, 2.75) is 20.5 Å². The first-order chi connectivity index (χ1) is 10.0. The molecule has 0 aliphatic carbocycles. The summed E-state index contributed by atoms with van der Waals surface area (Å²) in [6.45, 7) is 4.22. The van der Waals surface area contributed by atoms with Crippen molar-refractivity contribution in [1.82, 2.24) is 0 Å². The highest BCUT2D eigenvalue weighted by Gasteiger charge is 2.11. The normalized spacial score (nSPS) is 10.2. The van der Waals surface area contributed by atoms with Crippen molar-refractivity contribution in [1.29, 1.82) is 0 Å². The van der Waals surface area contributed by atoms with E-state index in [0.717, 1.165) is 5.56 Å². The van der Waals surface area contributed by atoms with Gasteiger partial charge in [-0.05, 0) is 43.2 Å². The fourth-order valence-electron chi connectivity index (χ4n) is 1.92. The Kier molecular flexibility index (Phi) is 4.39. The van der Waals surface area contributed by atoms with E-state index < -0.39 is 4.92 Å². The number of hydrogen-bond acceptors (Lipinski definition) is 5. The van der Waals surface area contributed by atoms with Crippen LogP contribution in [0.25, 0.3) is 0 Å². The summed E-state index contributed by atoms with van der Waals surface area (Å²) in [5.41, 5.74) is 6.06. The number of non-ortho nitro benzene ring substituents is 1. The van der Waals surface area contributed by atoms with Gasteiger partial charge in [0, 0.05) is 17.7 Å². The first-order valence-electron chi connectivity index (χ1n) is 6.45. The Morgan fingerprint density at radius 2 is 1.95 bits per heavy atom. The molecule has 0 aromatic heterocycles. The summed E-state index contributed by atoms with van der Waals surface area (Å²) in [7, 11) is 0. The average molecular weight is 287 g/mol. The number of benzene rings is 2. The van der Waals surface area contributed by atoms with E-state index in [1.165, 1.54) is 17.7 Å². The fraction of sp³-hybridized carbons (Fsp3) is 0.200. The topological polar surface area (TPSA) is 90.4 Å². The van der Waals surface area contributed by atoms with Crippen LogP contribution in [0.15, 0.2) is 36.4 Å². The van der Waals surface area contributed by atoms with Gasteiger partial charge in [0.25, 0.3) is 5.69 Å². The van der Waals surface area contributed by atoms with Gasteiger partial charge in [0.05, 0.1) is 10.6 Å². The van der Waals surface area contributed by atoms with Crippen molar-refractivity contribution >= 4 is 11.4 Å². The third-order valence-electron chi connectivity index (χ3n) is 3.33. The Bertz CT molecular complexity index is 671. The third-order valence-corrected chi connectivity index (χ3v) is 3.33. The van der Waals surface area contributed by atoms with Gasteiger partial charge in [-0.25, -0.2) is 0 Å². The Morgan fingerprint density at radius 1 is 1.19 bits per heavy atom. The summed E-state index contributed by atoms with van der Waals surface area (Å²) < 4.78 is 5.69. The second-order valence-electron chi connectivity index (χ2n) is 4.78. The number of rotatable bonds is 5. The van der Waals surface area contributed by atoms with Crippen LogP contribution in [0.2, 0.25) is 0 Å². The summed E-state index contributed by atoms with van der Waals surface area (Å²) >= 11 is 0. The largest absolute Gasteiger partial charge is 0.489 e. The van der Waals surface area contributed by atoms with E-state index in [4.69, 9.17) is 10.6 Å². The first kappa shape index (κ1) is 14.8. The predicted octanol–water partition coefficient (Wildman–Crippen LogP) is 3.08. The maximum absolute atomic E-state index is 10.8. The molecular weight excluding hydrogens is 270 g/mol. The molecule has 6 nitrogen and oxygen atoms in total. The van der Waals surface area contributed by atoms with Gasteiger partial charge in [0.2, 0.25) is 0 Å². The summed E-state index contributed by atoms with van der Waals surface area (Å²) in [4.78, 5) is 10.4. The van der Waals surface area contributed by atoms with Crippen molar-refractivity contribution in [2.24, 2.45) is 5.84 Å². The second kappa shape index (κ2) is 6.23. The van der Waals surface area contributed by atoms with Crippen LogP contribution in [0.5, 0.6) is 5.75 Å². The number of anilines is 1. The highest BCUT2D eigenvalue weighted by Crippen LogP contribution is 2.24. The SMILES string of the molecule is Cc1ccc(OCc2cc([N+](=O)[O-])ccc2NN)cc1C. The smallest absolute Gasteiger partial charge is 0.269 e. The molecule has 0 aliphatic heterocycles. The van der Waals surface area contributed by atoms with Gasteiger partial charge >= 0.3 is 0 Å². The highest BCUT2D eigenvalue weighted by molar-refractivity contribution is 5.55. The van der Waals surface area contributed by atoms with Crippen molar-refractivity contribution in [3.8, 4) is 5.75 Å². The molecular formula is C15H17N3O3. The molecule has 110 valence electrons. The highest BCUT2D eigenvalue weighted by atomic mass is 16.6. The number of hydrogen-bond donors (Lipinski definition) is 2. The molecule has 0 atom stereocenters. The zero-order chi connectivity index (χ0) is 15.4. The Hall–Kier alpha value is -2.60. The molecule has 0 saturated carbocycles. The minimum Gasteiger partial charge on any atom is -0.489 e. The second-order valence-corrected chi connectivity index (χ2v) is 4.78. The zero-order valence-corrected chi connectivity index (χ0v) is 11.9. The van der Waals surface area contributed by atoms with Crippen LogP contribution in [-0.4, -0.2) is 4.92 Å². The molecule has 0 saturated heterocycles. The van der Waals surface area contributed by atoms with Crippen LogP contribution in [0.1, 0.15) is 16.7 Å². The van der Waals surface area contributed by atoms with E-state index >= 15 is 0 Å². The number of nitrogens with zero attached hydrogens (tertiary/aromatic N) is 1. The van der Waals surface area contributed by atoms with Crippen molar-refractivity contribution < 1.29 is 9.66 Å². The van der Waals surface area contributed by atoms with Crippen LogP contribution < -0.4 is 16.0 Å². The minimum atomic E-state index is -0.445. The van der Waals surface area contributed by atoms with E-state index in [-0.39, 0.29) is 12.3 Å². The van der Waals surface area contributed by atoms with Crippen molar-refractivity contribution in [3.63, 3.8) is 0 Å². The maximum atomic E-state index is 10.8. The fourth-order valence-corrected chi connectivity index (χ4v) is 1.92. The number of aryl methyl sites for hydroxylation is 2. The van der Waals surface area contributed by atoms with E-state index in [2.05, 4.69) is 5.43 Å². The van der Waals surface area contributed by atoms with Crippen LogP contribution in [-0.2, 0) is 6.61 Å². The van der Waals surface area contributed by atoms with Gasteiger partial charge < -0.3 is 10.2 Å². The Morgan fingerprint density at radius 3 is 2.57 bits per heavy atom. The van der Waals surface area contributed by atoms with E-state index in [1.807, 2.05) is 32.0 Å². The number of nitro groups is 1. The minimum absolute atomic E-state index is 0.00712. The molecule has 0 bridgehead atoms. The van der Waals surface area contributed by atoms with Gasteiger partial charge in [-0.15, -0.1) is 0 Å². The number of hydrazine groups is 1. The van der Waals surface area contributed by atoms with Crippen LogP contribution in [0.3, 0.4) is 0 Å². The molecule has 0 spiro atoms. The summed E-state index contributed by atoms with van der Waals surface area (Å²) in [5, 5.41) is 10.8. The van der Waals surface area contributed by atoms with Gasteiger partial charge in [-0.1, -0.05) is 6.07 Å². The van der Waals surface area contributed by atoms with Gasteiger partial charge in [-0.2, -0.15) is 0 Å². The molecule has 0 radical (unpaired) electrons. The number of ether oxygens (including phenoxy) is 1. The maximum Gasteiger partial charge on any atom is 0.269 e. The quantitative estimate of drug-likeness (QED) is 0.501. The lowest BCUT2D eigenvalue weighted by Gasteiger charge is -2.11. The number of nitro benzene ring substituents is 1. The lowest BCUT2D eigenvalue weighted by Crippen LogP contribution is -2.10. The summed E-state index contributed by atoms with van der Waals surface area (Å²) in [6, 6.07) is 10.2. The van der Waals surface area contributed by atoms with Crippen molar-refractivity contribution in [2.75, 3.05) is 5.43 Å². The standard InChI is InChI=1S/C15H17N3O3/c1-10-3-5-14(7-11(10)2)21-9-12-8-13(18(19)20)4-6-15(12)17-16/h3-8,17H,9,16H2,1-2H3. The molecule has 2 rings (SSSR count). The first-order valence-corrected chi connectivity index (χ1v) is 6.45. The average Bonchev–Trinajstić information content (AvgIpc) is 2.48. The van der Waals surface area contributed by atoms with Crippen LogP contribution in [0.4, 0.5) is 11.4 Å². The molecule has 0 unspecified atom stereocenters. The predicted molar refractivity (Wildman–Crippen MR) is 81.2 cm³/mol. The van der Waals surface area contributed by atoms with Crippen LogP contribution in [0, 0.1) is 24.0 Å². The van der Waals surface area contributed by atoms with Gasteiger partial charge in [-0.3, -0.25) is 16.0 Å². The summed E-state index contributed by atoms with van der Waals surface area (Å²) in [6.07, 6.45) is 0. The number of nitrogen functional groups attached to an aromatic ring is 1. The third kappa shape index (κ3) is 3.49. The molecule has 0 aliphatic rings. The molecule has 0 amide bonds. The zero-order valence-electron chi connectivity index (χ0n) is 11.9. The van der Waals surface area contributed by atoms with Gasteiger partial charge in [0.1, 0.15) is 12.4 Å². The Balaban J connectivity index is 2.19. The number of nitrogens with two attached hydrogens (primary N) is 1. The molecule has 2 aromatic carbocycles. The van der Waals surface area contributed by atoms with E-state index in [1.54, 1.807) is 6.07 Å². The van der Waals surface area contributed by atoms with Crippen LogP contribution >= 0.6 is 0 Å². The Labute approximate surface area is 122 Å². The molecule has 0 fully saturated rings. The monoisotopic (exact) mass is 287 g/mol. The van der Waals surface area contributed by atoms with Gasteiger partial charge in [0.15, 0.2) is 0 Å².